The molecule has 1 N–H and O–H groups in total. The Labute approximate surface area is 172 Å². The van der Waals surface area contributed by atoms with Crippen molar-refractivity contribution >= 4 is 34.6 Å². The van der Waals surface area contributed by atoms with Crippen molar-refractivity contribution in [2.75, 3.05) is 44.2 Å². The Morgan fingerprint density at radius 2 is 1.78 bits per heavy atom. The standard InChI is InChI=1S/C21H26ClN3OS/c1-2-26-20-6-4-3-5-19(20)24-13-15-25(16-14-24)21(27)23-12-11-17-7-9-18(22)10-8-17/h3-10H,2,11-16H2,1H3,(H,23,27). The molecule has 2 aromatic rings. The van der Waals surface area contributed by atoms with Gasteiger partial charge in [0.1, 0.15) is 5.75 Å². The van der Waals surface area contributed by atoms with E-state index in [1.54, 1.807) is 0 Å². The van der Waals surface area contributed by atoms with Crippen LogP contribution in [0.4, 0.5) is 5.69 Å². The minimum Gasteiger partial charge on any atom is -0.492 e. The maximum absolute atomic E-state index is 5.93. The first-order valence-corrected chi connectivity index (χ1v) is 10.2. The second-order valence-electron chi connectivity index (χ2n) is 6.48. The molecule has 4 nitrogen and oxygen atoms in total. The Kier molecular flexibility index (Phi) is 7.18. The molecule has 27 heavy (non-hydrogen) atoms. The van der Waals surface area contributed by atoms with E-state index in [0.717, 1.165) is 55.0 Å². The molecule has 0 atom stereocenters. The van der Waals surface area contributed by atoms with Gasteiger partial charge in [-0.15, -0.1) is 0 Å². The molecule has 0 saturated carbocycles. The summed E-state index contributed by atoms with van der Waals surface area (Å²) in [7, 11) is 0. The third-order valence-electron chi connectivity index (χ3n) is 4.68. The van der Waals surface area contributed by atoms with Crippen LogP contribution in [0.25, 0.3) is 0 Å². The molecule has 0 spiro atoms. The average molecular weight is 404 g/mol. The van der Waals surface area contributed by atoms with E-state index >= 15 is 0 Å². The van der Waals surface area contributed by atoms with E-state index in [9.17, 15) is 0 Å². The lowest BCUT2D eigenvalue weighted by atomic mass is 10.1. The molecule has 144 valence electrons. The Morgan fingerprint density at radius 3 is 2.48 bits per heavy atom. The molecule has 0 amide bonds. The van der Waals surface area contributed by atoms with Gasteiger partial charge in [0, 0.05) is 37.7 Å². The van der Waals surface area contributed by atoms with E-state index in [1.807, 2.05) is 31.2 Å². The summed E-state index contributed by atoms with van der Waals surface area (Å²) >= 11 is 11.5. The van der Waals surface area contributed by atoms with Gasteiger partial charge in [0.15, 0.2) is 5.11 Å². The number of ether oxygens (including phenoxy) is 1. The lowest BCUT2D eigenvalue weighted by Crippen LogP contribution is -2.52. The van der Waals surface area contributed by atoms with Crippen LogP contribution in [0.1, 0.15) is 12.5 Å². The summed E-state index contributed by atoms with van der Waals surface area (Å²) in [4.78, 5) is 4.62. The van der Waals surface area contributed by atoms with Crippen LogP contribution >= 0.6 is 23.8 Å². The molecule has 2 aromatic carbocycles. The SMILES string of the molecule is CCOc1ccccc1N1CCN(C(=S)NCCc2ccc(Cl)cc2)CC1. The number of hydrogen-bond donors (Lipinski definition) is 1. The number of para-hydroxylation sites is 2. The number of nitrogens with one attached hydrogen (secondary N) is 1. The molecular weight excluding hydrogens is 378 g/mol. The third-order valence-corrected chi connectivity index (χ3v) is 5.33. The van der Waals surface area contributed by atoms with E-state index in [0.29, 0.717) is 6.61 Å². The predicted molar refractivity (Wildman–Crippen MR) is 117 cm³/mol. The first-order valence-electron chi connectivity index (χ1n) is 9.41. The summed E-state index contributed by atoms with van der Waals surface area (Å²) in [6, 6.07) is 16.2. The summed E-state index contributed by atoms with van der Waals surface area (Å²) in [6.45, 7) is 7.21. The van der Waals surface area contributed by atoms with Crippen molar-refractivity contribution in [1.82, 2.24) is 10.2 Å². The molecule has 1 fully saturated rings. The fourth-order valence-corrected chi connectivity index (χ4v) is 3.63. The van der Waals surface area contributed by atoms with Gasteiger partial charge in [-0.25, -0.2) is 0 Å². The van der Waals surface area contributed by atoms with Crippen molar-refractivity contribution < 1.29 is 4.74 Å². The fraction of sp³-hybridized carbons (Fsp3) is 0.381. The first-order chi connectivity index (χ1) is 13.2. The third kappa shape index (κ3) is 5.50. The maximum Gasteiger partial charge on any atom is 0.169 e. The van der Waals surface area contributed by atoms with Gasteiger partial charge in [-0.2, -0.15) is 0 Å². The number of piperazine rings is 1. The number of thiocarbonyl (C=S) groups is 1. The highest BCUT2D eigenvalue weighted by atomic mass is 35.5. The van der Waals surface area contributed by atoms with Crippen molar-refractivity contribution in [3.8, 4) is 5.75 Å². The summed E-state index contributed by atoms with van der Waals surface area (Å²) in [5.74, 6) is 0.956. The smallest absolute Gasteiger partial charge is 0.169 e. The molecule has 6 heteroatoms. The van der Waals surface area contributed by atoms with Gasteiger partial charge in [0.2, 0.25) is 0 Å². The maximum atomic E-state index is 5.93. The van der Waals surface area contributed by atoms with E-state index in [1.165, 1.54) is 11.3 Å². The van der Waals surface area contributed by atoms with Crippen molar-refractivity contribution in [1.29, 1.82) is 0 Å². The zero-order chi connectivity index (χ0) is 19.1. The quantitative estimate of drug-likeness (QED) is 0.736. The van der Waals surface area contributed by atoms with Gasteiger partial charge in [-0.05, 0) is 55.4 Å². The highest BCUT2D eigenvalue weighted by Gasteiger charge is 2.21. The molecule has 0 bridgehead atoms. The van der Waals surface area contributed by atoms with Gasteiger partial charge in [-0.1, -0.05) is 35.9 Å². The minimum atomic E-state index is 0.679. The number of rotatable bonds is 6. The van der Waals surface area contributed by atoms with Gasteiger partial charge in [0.25, 0.3) is 0 Å². The molecule has 0 aromatic heterocycles. The number of nitrogens with zero attached hydrogens (tertiary/aromatic N) is 2. The molecule has 1 aliphatic rings. The summed E-state index contributed by atoms with van der Waals surface area (Å²) in [5.41, 5.74) is 2.42. The van der Waals surface area contributed by atoms with Crippen LogP contribution in [-0.4, -0.2) is 49.3 Å². The number of halogens is 1. The normalized spacial score (nSPS) is 14.1. The topological polar surface area (TPSA) is 27.7 Å². The van der Waals surface area contributed by atoms with Crippen LogP contribution in [0.2, 0.25) is 5.02 Å². The molecular formula is C21H26ClN3OS. The van der Waals surface area contributed by atoms with Crippen LogP contribution in [0.5, 0.6) is 5.75 Å². The van der Waals surface area contributed by atoms with Crippen molar-refractivity contribution in [3.63, 3.8) is 0 Å². The zero-order valence-electron chi connectivity index (χ0n) is 15.7. The van der Waals surface area contributed by atoms with Crippen LogP contribution in [-0.2, 0) is 6.42 Å². The van der Waals surface area contributed by atoms with Crippen molar-refractivity contribution in [3.05, 3.63) is 59.1 Å². The molecule has 0 radical (unpaired) electrons. The molecule has 0 unspecified atom stereocenters. The van der Waals surface area contributed by atoms with Crippen molar-refractivity contribution in [2.45, 2.75) is 13.3 Å². The molecule has 3 rings (SSSR count). The average Bonchev–Trinajstić information content (AvgIpc) is 2.70. The van der Waals surface area contributed by atoms with Crippen molar-refractivity contribution in [2.24, 2.45) is 0 Å². The first kappa shape index (κ1) is 19.8. The fourth-order valence-electron chi connectivity index (χ4n) is 3.22. The lowest BCUT2D eigenvalue weighted by molar-refractivity contribution is 0.336. The number of anilines is 1. The van der Waals surface area contributed by atoms with Gasteiger partial charge >= 0.3 is 0 Å². The molecule has 1 heterocycles. The summed E-state index contributed by atoms with van der Waals surface area (Å²) in [6.07, 6.45) is 0.930. The predicted octanol–water partition coefficient (Wildman–Crippen LogP) is 3.98. The number of hydrogen-bond acceptors (Lipinski definition) is 3. The largest absolute Gasteiger partial charge is 0.492 e. The highest BCUT2D eigenvalue weighted by Crippen LogP contribution is 2.28. The Hall–Kier alpha value is -1.98. The van der Waals surface area contributed by atoms with Crippen LogP contribution in [0.3, 0.4) is 0 Å². The van der Waals surface area contributed by atoms with Crippen LogP contribution in [0, 0.1) is 0 Å². The zero-order valence-corrected chi connectivity index (χ0v) is 17.2. The van der Waals surface area contributed by atoms with E-state index in [2.05, 4.69) is 39.4 Å². The Bertz CT molecular complexity index is 745. The second kappa shape index (κ2) is 9.81. The Balaban J connectivity index is 1.46. The van der Waals surface area contributed by atoms with E-state index in [-0.39, 0.29) is 0 Å². The van der Waals surface area contributed by atoms with Gasteiger partial charge in [-0.3, -0.25) is 0 Å². The highest BCUT2D eigenvalue weighted by molar-refractivity contribution is 7.80. The second-order valence-corrected chi connectivity index (χ2v) is 7.31. The molecule has 1 aliphatic heterocycles. The summed E-state index contributed by atoms with van der Waals surface area (Å²) in [5, 5.41) is 4.99. The monoisotopic (exact) mass is 403 g/mol. The lowest BCUT2D eigenvalue weighted by Gasteiger charge is -2.38. The van der Waals surface area contributed by atoms with E-state index < -0.39 is 0 Å². The molecule has 1 saturated heterocycles. The van der Waals surface area contributed by atoms with E-state index in [4.69, 9.17) is 28.6 Å². The van der Waals surface area contributed by atoms with Crippen LogP contribution < -0.4 is 15.0 Å². The van der Waals surface area contributed by atoms with Gasteiger partial charge < -0.3 is 19.9 Å². The molecule has 0 aliphatic carbocycles. The Morgan fingerprint density at radius 1 is 1.07 bits per heavy atom. The number of benzene rings is 2. The minimum absolute atomic E-state index is 0.679. The van der Waals surface area contributed by atoms with Gasteiger partial charge in [0.05, 0.1) is 12.3 Å². The van der Waals surface area contributed by atoms with Crippen LogP contribution in [0.15, 0.2) is 48.5 Å². The summed E-state index contributed by atoms with van der Waals surface area (Å²) < 4.78 is 5.77.